The summed E-state index contributed by atoms with van der Waals surface area (Å²) in [5, 5.41) is 0. The standard InChI is InChI=1S/C10H20F3N/c1-3-5-6-8(4-2)7-9(14)10(11,12)13/h8-9H,3-7,14H2,1-2H3. The van der Waals surface area contributed by atoms with Crippen molar-refractivity contribution in [2.24, 2.45) is 11.7 Å². The molecule has 0 aliphatic heterocycles. The molecule has 2 atom stereocenters. The summed E-state index contributed by atoms with van der Waals surface area (Å²) < 4.78 is 36.4. The van der Waals surface area contributed by atoms with E-state index in [0.717, 1.165) is 25.7 Å². The van der Waals surface area contributed by atoms with Gasteiger partial charge in [-0.1, -0.05) is 39.5 Å². The van der Waals surface area contributed by atoms with Gasteiger partial charge < -0.3 is 5.73 Å². The van der Waals surface area contributed by atoms with Crippen LogP contribution in [0.2, 0.25) is 0 Å². The van der Waals surface area contributed by atoms with Crippen molar-refractivity contribution in [2.75, 3.05) is 0 Å². The Hall–Kier alpha value is -0.250. The van der Waals surface area contributed by atoms with Gasteiger partial charge in [-0.15, -0.1) is 0 Å². The Labute approximate surface area is 83.9 Å². The van der Waals surface area contributed by atoms with Crippen LogP contribution in [0.4, 0.5) is 13.2 Å². The molecule has 0 radical (unpaired) electrons. The van der Waals surface area contributed by atoms with E-state index in [9.17, 15) is 13.2 Å². The molecular formula is C10H20F3N. The van der Waals surface area contributed by atoms with E-state index in [1.807, 2.05) is 13.8 Å². The maximum Gasteiger partial charge on any atom is 0.403 e. The van der Waals surface area contributed by atoms with Crippen molar-refractivity contribution >= 4 is 0 Å². The van der Waals surface area contributed by atoms with Gasteiger partial charge in [-0.05, 0) is 12.3 Å². The Bertz CT molecular complexity index is 145. The predicted octanol–water partition coefficient (Wildman–Crippen LogP) is 3.48. The van der Waals surface area contributed by atoms with E-state index in [1.165, 1.54) is 0 Å². The van der Waals surface area contributed by atoms with Gasteiger partial charge >= 0.3 is 6.18 Å². The van der Waals surface area contributed by atoms with Gasteiger partial charge in [0.15, 0.2) is 0 Å². The van der Waals surface area contributed by atoms with Crippen LogP contribution in [0, 0.1) is 5.92 Å². The number of hydrogen-bond acceptors (Lipinski definition) is 1. The van der Waals surface area contributed by atoms with Gasteiger partial charge in [0.2, 0.25) is 0 Å². The fourth-order valence-corrected chi connectivity index (χ4v) is 1.47. The van der Waals surface area contributed by atoms with Crippen molar-refractivity contribution in [3.05, 3.63) is 0 Å². The van der Waals surface area contributed by atoms with E-state index in [1.54, 1.807) is 0 Å². The largest absolute Gasteiger partial charge is 0.403 e. The van der Waals surface area contributed by atoms with E-state index < -0.39 is 12.2 Å². The molecule has 0 fully saturated rings. The average molecular weight is 211 g/mol. The number of alkyl halides is 3. The van der Waals surface area contributed by atoms with Crippen LogP contribution in [0.25, 0.3) is 0 Å². The molecule has 2 unspecified atom stereocenters. The van der Waals surface area contributed by atoms with E-state index >= 15 is 0 Å². The second-order valence-corrected chi connectivity index (χ2v) is 3.80. The topological polar surface area (TPSA) is 26.0 Å². The van der Waals surface area contributed by atoms with Gasteiger partial charge in [-0.3, -0.25) is 0 Å². The molecule has 4 heteroatoms. The Morgan fingerprint density at radius 3 is 2.14 bits per heavy atom. The van der Waals surface area contributed by atoms with Gasteiger partial charge in [0.1, 0.15) is 6.04 Å². The zero-order chi connectivity index (χ0) is 11.2. The van der Waals surface area contributed by atoms with Crippen LogP contribution in [0.15, 0.2) is 0 Å². The summed E-state index contributed by atoms with van der Waals surface area (Å²) in [5.74, 6) is 0.117. The van der Waals surface area contributed by atoms with Crippen molar-refractivity contribution in [1.82, 2.24) is 0 Å². The molecule has 0 amide bonds. The Kier molecular flexibility index (Phi) is 6.16. The lowest BCUT2D eigenvalue weighted by Gasteiger charge is -2.21. The quantitative estimate of drug-likeness (QED) is 0.715. The summed E-state index contributed by atoms with van der Waals surface area (Å²) in [6.45, 7) is 3.96. The number of unbranched alkanes of at least 4 members (excludes halogenated alkanes) is 1. The second-order valence-electron chi connectivity index (χ2n) is 3.80. The van der Waals surface area contributed by atoms with Crippen molar-refractivity contribution in [3.63, 3.8) is 0 Å². The molecule has 0 bridgehead atoms. The van der Waals surface area contributed by atoms with Crippen LogP contribution < -0.4 is 5.73 Å². The Morgan fingerprint density at radius 1 is 1.21 bits per heavy atom. The Balaban J connectivity index is 3.92. The van der Waals surface area contributed by atoms with Crippen molar-refractivity contribution in [2.45, 2.75) is 58.2 Å². The molecule has 0 aliphatic rings. The number of rotatable bonds is 6. The molecule has 0 heterocycles. The first kappa shape index (κ1) is 13.8. The highest BCUT2D eigenvalue weighted by molar-refractivity contribution is 4.74. The molecule has 86 valence electrons. The van der Waals surface area contributed by atoms with Crippen LogP contribution in [0.1, 0.15) is 46.0 Å². The van der Waals surface area contributed by atoms with Gasteiger partial charge in [-0.25, -0.2) is 0 Å². The van der Waals surface area contributed by atoms with Crippen LogP contribution in [-0.2, 0) is 0 Å². The highest BCUT2D eigenvalue weighted by Crippen LogP contribution is 2.26. The molecule has 0 saturated carbocycles. The molecular weight excluding hydrogens is 191 g/mol. The van der Waals surface area contributed by atoms with E-state index in [4.69, 9.17) is 5.73 Å². The van der Waals surface area contributed by atoms with Crippen LogP contribution in [0.3, 0.4) is 0 Å². The minimum absolute atomic E-state index is 0.0694. The lowest BCUT2D eigenvalue weighted by Crippen LogP contribution is -2.38. The molecule has 0 aromatic rings. The fourth-order valence-electron chi connectivity index (χ4n) is 1.47. The summed E-state index contributed by atoms with van der Waals surface area (Å²) in [6, 6.07) is -1.65. The summed E-state index contributed by atoms with van der Waals surface area (Å²) in [6.07, 6.45) is -0.513. The third-order valence-electron chi connectivity index (χ3n) is 2.55. The van der Waals surface area contributed by atoms with E-state index in [2.05, 4.69) is 0 Å². The molecule has 0 aliphatic carbocycles. The maximum absolute atomic E-state index is 12.1. The van der Waals surface area contributed by atoms with Crippen LogP contribution in [0.5, 0.6) is 0 Å². The minimum atomic E-state index is -4.24. The normalized spacial score (nSPS) is 16.7. The van der Waals surface area contributed by atoms with Crippen LogP contribution in [-0.4, -0.2) is 12.2 Å². The van der Waals surface area contributed by atoms with E-state index in [0.29, 0.717) is 0 Å². The molecule has 0 aromatic heterocycles. The lowest BCUT2D eigenvalue weighted by atomic mass is 9.92. The molecule has 0 aromatic carbocycles. The molecule has 0 saturated heterocycles. The summed E-state index contributed by atoms with van der Waals surface area (Å²) >= 11 is 0. The number of nitrogens with two attached hydrogens (primary N) is 1. The molecule has 0 rings (SSSR count). The minimum Gasteiger partial charge on any atom is -0.320 e. The zero-order valence-electron chi connectivity index (χ0n) is 8.90. The SMILES string of the molecule is CCCCC(CC)CC(N)C(F)(F)F. The monoisotopic (exact) mass is 211 g/mol. The van der Waals surface area contributed by atoms with Crippen molar-refractivity contribution < 1.29 is 13.2 Å². The first-order valence-corrected chi connectivity index (χ1v) is 5.24. The fraction of sp³-hybridized carbons (Fsp3) is 1.00. The van der Waals surface area contributed by atoms with E-state index in [-0.39, 0.29) is 12.3 Å². The lowest BCUT2D eigenvalue weighted by molar-refractivity contribution is -0.151. The third-order valence-corrected chi connectivity index (χ3v) is 2.55. The molecule has 2 N–H and O–H groups in total. The summed E-state index contributed by atoms with van der Waals surface area (Å²) in [7, 11) is 0. The van der Waals surface area contributed by atoms with Gasteiger partial charge in [-0.2, -0.15) is 13.2 Å². The van der Waals surface area contributed by atoms with Crippen LogP contribution >= 0.6 is 0 Å². The first-order chi connectivity index (χ1) is 6.41. The van der Waals surface area contributed by atoms with Gasteiger partial charge in [0.05, 0.1) is 0 Å². The Morgan fingerprint density at radius 2 is 1.79 bits per heavy atom. The number of halogens is 3. The highest BCUT2D eigenvalue weighted by Gasteiger charge is 2.37. The smallest absolute Gasteiger partial charge is 0.320 e. The van der Waals surface area contributed by atoms with Gasteiger partial charge in [0, 0.05) is 0 Å². The predicted molar refractivity (Wildman–Crippen MR) is 52.0 cm³/mol. The second kappa shape index (κ2) is 6.27. The third kappa shape index (κ3) is 5.47. The average Bonchev–Trinajstić information content (AvgIpc) is 2.10. The van der Waals surface area contributed by atoms with Crippen molar-refractivity contribution in [3.8, 4) is 0 Å². The highest BCUT2D eigenvalue weighted by atomic mass is 19.4. The molecule has 1 nitrogen and oxygen atoms in total. The maximum atomic E-state index is 12.1. The zero-order valence-corrected chi connectivity index (χ0v) is 8.90. The van der Waals surface area contributed by atoms with Crippen molar-refractivity contribution in [1.29, 1.82) is 0 Å². The summed E-state index contributed by atoms with van der Waals surface area (Å²) in [5.41, 5.74) is 5.07. The molecule has 0 spiro atoms. The summed E-state index contributed by atoms with van der Waals surface area (Å²) in [4.78, 5) is 0. The first-order valence-electron chi connectivity index (χ1n) is 5.24. The van der Waals surface area contributed by atoms with Gasteiger partial charge in [0.25, 0.3) is 0 Å². The number of hydrogen-bond donors (Lipinski definition) is 1. The molecule has 14 heavy (non-hydrogen) atoms.